The van der Waals surface area contributed by atoms with Gasteiger partial charge in [-0.05, 0) is 49.1 Å². The summed E-state index contributed by atoms with van der Waals surface area (Å²) in [6, 6.07) is 4.64. The fourth-order valence-electron chi connectivity index (χ4n) is 4.02. The lowest BCUT2D eigenvalue weighted by Crippen LogP contribution is -2.38. The Morgan fingerprint density at radius 2 is 2.26 bits per heavy atom. The van der Waals surface area contributed by atoms with E-state index in [1.807, 2.05) is 0 Å². The third-order valence-electron chi connectivity index (χ3n) is 4.94. The summed E-state index contributed by atoms with van der Waals surface area (Å²) in [5.74, 6) is -0.481. The van der Waals surface area contributed by atoms with E-state index >= 15 is 0 Å². The summed E-state index contributed by atoms with van der Waals surface area (Å²) >= 11 is 5.97. The molecule has 4 heteroatoms. The topological polar surface area (TPSA) is 37.3 Å². The summed E-state index contributed by atoms with van der Waals surface area (Å²) in [7, 11) is 0. The van der Waals surface area contributed by atoms with Crippen molar-refractivity contribution in [2.75, 3.05) is 0 Å². The Morgan fingerprint density at radius 3 is 2.84 bits per heavy atom. The zero-order chi connectivity index (χ0) is 13.6. The van der Waals surface area contributed by atoms with Gasteiger partial charge < -0.3 is 5.11 Å². The summed E-state index contributed by atoms with van der Waals surface area (Å²) in [4.78, 5) is 11.8. The Kier molecular flexibility index (Phi) is 3.05. The van der Waals surface area contributed by atoms with Gasteiger partial charge in [0.2, 0.25) is 0 Å². The SMILES string of the molecule is O=C(O)C1(Cc2cccc(F)c2Cl)CC2CCC1C2. The maximum atomic E-state index is 13.5. The van der Waals surface area contributed by atoms with Crippen LogP contribution < -0.4 is 0 Å². The van der Waals surface area contributed by atoms with Crippen molar-refractivity contribution in [2.24, 2.45) is 17.3 Å². The van der Waals surface area contributed by atoms with Crippen molar-refractivity contribution >= 4 is 17.6 Å². The average Bonchev–Trinajstić information content (AvgIpc) is 2.96. The lowest BCUT2D eigenvalue weighted by molar-refractivity contribution is -0.152. The van der Waals surface area contributed by atoms with E-state index in [0.717, 1.165) is 19.3 Å². The van der Waals surface area contributed by atoms with Crippen molar-refractivity contribution in [3.63, 3.8) is 0 Å². The molecule has 1 aromatic rings. The molecule has 0 amide bonds. The van der Waals surface area contributed by atoms with Crippen LogP contribution in [0.4, 0.5) is 4.39 Å². The van der Waals surface area contributed by atoms with Crippen LogP contribution in [-0.4, -0.2) is 11.1 Å². The maximum absolute atomic E-state index is 13.5. The number of hydrogen-bond acceptors (Lipinski definition) is 1. The second kappa shape index (κ2) is 4.48. The van der Waals surface area contributed by atoms with E-state index in [-0.39, 0.29) is 10.9 Å². The van der Waals surface area contributed by atoms with Crippen molar-refractivity contribution < 1.29 is 14.3 Å². The van der Waals surface area contributed by atoms with Crippen LogP contribution in [0.2, 0.25) is 5.02 Å². The largest absolute Gasteiger partial charge is 0.481 e. The molecule has 0 aromatic heterocycles. The van der Waals surface area contributed by atoms with E-state index in [1.165, 1.54) is 6.07 Å². The second-order valence-corrected chi connectivity index (χ2v) is 6.31. The van der Waals surface area contributed by atoms with Crippen molar-refractivity contribution in [1.82, 2.24) is 0 Å². The molecule has 0 saturated heterocycles. The number of benzene rings is 1. The standard InChI is InChI=1S/C15H16ClFO2/c16-13-10(2-1-3-12(13)17)8-15(14(18)19)7-9-4-5-11(15)6-9/h1-3,9,11H,4-8H2,(H,18,19). The minimum absolute atomic E-state index is 0.0749. The molecular formula is C15H16ClFO2. The van der Waals surface area contributed by atoms with Gasteiger partial charge in [-0.25, -0.2) is 4.39 Å². The molecule has 2 aliphatic rings. The fourth-order valence-corrected chi connectivity index (χ4v) is 4.22. The van der Waals surface area contributed by atoms with Crippen LogP contribution in [0.1, 0.15) is 31.2 Å². The molecule has 0 heterocycles. The zero-order valence-electron chi connectivity index (χ0n) is 10.5. The molecule has 0 radical (unpaired) electrons. The fraction of sp³-hybridized carbons (Fsp3) is 0.533. The van der Waals surface area contributed by atoms with Crippen molar-refractivity contribution in [1.29, 1.82) is 0 Å². The van der Waals surface area contributed by atoms with Gasteiger partial charge in [-0.1, -0.05) is 30.2 Å². The van der Waals surface area contributed by atoms with Crippen LogP contribution in [0.5, 0.6) is 0 Å². The van der Waals surface area contributed by atoms with Gasteiger partial charge in [-0.15, -0.1) is 0 Å². The third kappa shape index (κ3) is 1.95. The smallest absolute Gasteiger partial charge is 0.310 e. The first kappa shape index (κ1) is 12.9. The van der Waals surface area contributed by atoms with Crippen molar-refractivity contribution in [2.45, 2.75) is 32.1 Å². The van der Waals surface area contributed by atoms with Crippen LogP contribution in [0.3, 0.4) is 0 Å². The number of hydrogen-bond donors (Lipinski definition) is 1. The first-order valence-electron chi connectivity index (χ1n) is 6.69. The molecule has 3 atom stereocenters. The number of carboxylic acid groups (broad SMARTS) is 1. The van der Waals surface area contributed by atoms with Crippen LogP contribution in [-0.2, 0) is 11.2 Å². The van der Waals surface area contributed by atoms with Crippen LogP contribution in [0.25, 0.3) is 0 Å². The number of fused-ring (bicyclic) bond motifs is 2. The minimum atomic E-state index is -0.750. The number of halogens is 2. The zero-order valence-corrected chi connectivity index (χ0v) is 11.3. The van der Waals surface area contributed by atoms with Crippen LogP contribution >= 0.6 is 11.6 Å². The highest BCUT2D eigenvalue weighted by atomic mass is 35.5. The minimum Gasteiger partial charge on any atom is -0.481 e. The lowest BCUT2D eigenvalue weighted by atomic mass is 9.69. The quantitative estimate of drug-likeness (QED) is 0.912. The van der Waals surface area contributed by atoms with E-state index in [0.29, 0.717) is 24.3 Å². The summed E-state index contributed by atoms with van der Waals surface area (Å²) in [6.45, 7) is 0. The Labute approximate surface area is 116 Å². The highest BCUT2D eigenvalue weighted by molar-refractivity contribution is 6.31. The van der Waals surface area contributed by atoms with Gasteiger partial charge in [-0.2, -0.15) is 0 Å². The molecule has 2 bridgehead atoms. The van der Waals surface area contributed by atoms with Gasteiger partial charge in [0.25, 0.3) is 0 Å². The van der Waals surface area contributed by atoms with Gasteiger partial charge in [0, 0.05) is 0 Å². The summed E-state index contributed by atoms with van der Waals surface area (Å²) in [5, 5.41) is 9.75. The molecule has 0 spiro atoms. The molecule has 2 fully saturated rings. The molecule has 3 unspecified atom stereocenters. The number of carboxylic acids is 1. The normalized spacial score (nSPS) is 32.7. The predicted octanol–water partition coefficient (Wildman–Crippen LogP) is 3.91. The average molecular weight is 283 g/mol. The maximum Gasteiger partial charge on any atom is 0.310 e. The molecule has 1 N–H and O–H groups in total. The van der Waals surface area contributed by atoms with Gasteiger partial charge in [0.15, 0.2) is 0 Å². The second-order valence-electron chi connectivity index (χ2n) is 5.93. The summed E-state index contributed by atoms with van der Waals surface area (Å²) in [6.07, 6.45) is 4.17. The Balaban J connectivity index is 1.95. The molecule has 2 nitrogen and oxygen atoms in total. The number of carbonyl (C=O) groups is 1. The Morgan fingerprint density at radius 1 is 1.47 bits per heavy atom. The van der Waals surface area contributed by atoms with E-state index in [2.05, 4.69) is 0 Å². The van der Waals surface area contributed by atoms with E-state index in [1.54, 1.807) is 12.1 Å². The van der Waals surface area contributed by atoms with Crippen LogP contribution in [0, 0.1) is 23.1 Å². The molecule has 102 valence electrons. The van der Waals surface area contributed by atoms with E-state index < -0.39 is 17.2 Å². The highest BCUT2D eigenvalue weighted by Crippen LogP contribution is 2.57. The van der Waals surface area contributed by atoms with Crippen molar-refractivity contribution in [3.8, 4) is 0 Å². The first-order valence-corrected chi connectivity index (χ1v) is 7.07. The molecule has 0 aliphatic heterocycles. The van der Waals surface area contributed by atoms with Crippen molar-refractivity contribution in [3.05, 3.63) is 34.6 Å². The Hall–Kier alpha value is -1.09. The summed E-state index contributed by atoms with van der Waals surface area (Å²) in [5.41, 5.74) is -0.114. The molecule has 19 heavy (non-hydrogen) atoms. The van der Waals surface area contributed by atoms with E-state index in [4.69, 9.17) is 11.6 Å². The summed E-state index contributed by atoms with van der Waals surface area (Å²) < 4.78 is 13.5. The lowest BCUT2D eigenvalue weighted by Gasteiger charge is -2.34. The molecule has 3 rings (SSSR count). The van der Waals surface area contributed by atoms with Gasteiger partial charge in [-0.3, -0.25) is 4.79 Å². The monoisotopic (exact) mass is 282 g/mol. The predicted molar refractivity (Wildman–Crippen MR) is 70.6 cm³/mol. The van der Waals surface area contributed by atoms with E-state index in [9.17, 15) is 14.3 Å². The number of rotatable bonds is 3. The highest BCUT2D eigenvalue weighted by Gasteiger charge is 2.55. The van der Waals surface area contributed by atoms with Crippen LogP contribution in [0.15, 0.2) is 18.2 Å². The molecular weight excluding hydrogens is 267 g/mol. The first-order chi connectivity index (χ1) is 9.03. The van der Waals surface area contributed by atoms with Gasteiger partial charge >= 0.3 is 5.97 Å². The molecule has 2 aliphatic carbocycles. The Bertz CT molecular complexity index is 531. The third-order valence-corrected chi connectivity index (χ3v) is 5.36. The molecule has 1 aromatic carbocycles. The van der Waals surface area contributed by atoms with Gasteiger partial charge in [0.1, 0.15) is 5.82 Å². The van der Waals surface area contributed by atoms with Gasteiger partial charge in [0.05, 0.1) is 10.4 Å². The molecule has 2 saturated carbocycles. The number of aliphatic carboxylic acids is 1.